The highest BCUT2D eigenvalue weighted by molar-refractivity contribution is 5.85. The number of rotatable bonds is 1. The summed E-state index contributed by atoms with van der Waals surface area (Å²) < 4.78 is 25.3. The highest BCUT2D eigenvalue weighted by atomic mass is 35.5. The summed E-state index contributed by atoms with van der Waals surface area (Å²) in [6, 6.07) is 0.208. The Morgan fingerprint density at radius 3 is 2.60 bits per heavy atom. The van der Waals surface area contributed by atoms with Crippen LogP contribution in [0.15, 0.2) is 0 Å². The Balaban J connectivity index is 0.00000112. The molecule has 88 valence electrons. The van der Waals surface area contributed by atoms with Crippen LogP contribution in [0.3, 0.4) is 0 Å². The van der Waals surface area contributed by atoms with Crippen molar-refractivity contribution in [1.29, 1.82) is 0 Å². The van der Waals surface area contributed by atoms with Gasteiger partial charge in [-0.2, -0.15) is 0 Å². The number of carbonyl (C=O) groups excluding carboxylic acids is 1. The van der Waals surface area contributed by atoms with E-state index in [1.807, 2.05) is 6.92 Å². The molecule has 0 radical (unpaired) electrons. The molecule has 1 unspecified atom stereocenters. The molecule has 6 heteroatoms. The van der Waals surface area contributed by atoms with Crippen LogP contribution >= 0.6 is 12.4 Å². The Kier molecular flexibility index (Phi) is 3.55. The maximum atomic E-state index is 12.6. The van der Waals surface area contributed by atoms with E-state index in [0.717, 1.165) is 0 Å². The third-order valence-corrected chi connectivity index (χ3v) is 2.80. The van der Waals surface area contributed by atoms with Crippen molar-refractivity contribution in [3.8, 4) is 0 Å². The van der Waals surface area contributed by atoms with Crippen LogP contribution in [-0.2, 0) is 4.79 Å². The molecule has 1 aliphatic carbocycles. The monoisotopic (exact) mass is 240 g/mol. The number of nitrogens with one attached hydrogen (secondary N) is 1. The molecular formula is C9H15ClF2N2O. The highest BCUT2D eigenvalue weighted by Gasteiger charge is 2.62. The van der Waals surface area contributed by atoms with Gasteiger partial charge in [-0.15, -0.1) is 12.4 Å². The van der Waals surface area contributed by atoms with Gasteiger partial charge >= 0.3 is 0 Å². The molecule has 0 aromatic rings. The van der Waals surface area contributed by atoms with Gasteiger partial charge in [0.1, 0.15) is 5.92 Å². The van der Waals surface area contributed by atoms with Gasteiger partial charge in [-0.3, -0.25) is 4.79 Å². The van der Waals surface area contributed by atoms with E-state index in [9.17, 15) is 13.6 Å². The zero-order valence-electron chi connectivity index (χ0n) is 8.50. The SMILES string of the molecule is C[C@H]1CN(C(=O)C2CC2(F)F)CCN1.Cl. The normalized spacial score (nSPS) is 33.1. The van der Waals surface area contributed by atoms with Gasteiger partial charge in [0.05, 0.1) is 0 Å². The zero-order valence-corrected chi connectivity index (χ0v) is 9.32. The van der Waals surface area contributed by atoms with Gasteiger partial charge in [-0.1, -0.05) is 0 Å². The molecule has 2 fully saturated rings. The average molecular weight is 241 g/mol. The van der Waals surface area contributed by atoms with Crippen molar-refractivity contribution >= 4 is 18.3 Å². The standard InChI is InChI=1S/C9H14F2N2O.ClH/c1-6-5-13(3-2-12-6)8(14)7-4-9(7,10)11;/h6-7,12H,2-5H2,1H3;1H/t6-,7?;/m0./s1. The number of piperazine rings is 1. The summed E-state index contributed by atoms with van der Waals surface area (Å²) in [5.41, 5.74) is 0. The second kappa shape index (κ2) is 4.22. The van der Waals surface area contributed by atoms with E-state index < -0.39 is 11.8 Å². The molecule has 1 aliphatic heterocycles. The van der Waals surface area contributed by atoms with E-state index in [1.54, 1.807) is 4.90 Å². The van der Waals surface area contributed by atoms with Gasteiger partial charge in [0.25, 0.3) is 5.92 Å². The fraction of sp³-hybridized carbons (Fsp3) is 0.889. The summed E-state index contributed by atoms with van der Waals surface area (Å²) in [6.07, 6.45) is -0.260. The van der Waals surface area contributed by atoms with Crippen molar-refractivity contribution in [3.63, 3.8) is 0 Å². The molecule has 0 aromatic carbocycles. The fourth-order valence-corrected chi connectivity index (χ4v) is 1.83. The van der Waals surface area contributed by atoms with E-state index in [0.29, 0.717) is 19.6 Å². The maximum absolute atomic E-state index is 12.6. The third-order valence-electron chi connectivity index (χ3n) is 2.80. The fourth-order valence-electron chi connectivity index (χ4n) is 1.83. The smallest absolute Gasteiger partial charge is 0.260 e. The van der Waals surface area contributed by atoms with Gasteiger partial charge in [-0.05, 0) is 6.92 Å². The molecule has 0 bridgehead atoms. The lowest BCUT2D eigenvalue weighted by atomic mass is 10.2. The van der Waals surface area contributed by atoms with Gasteiger partial charge in [0.2, 0.25) is 5.91 Å². The minimum Gasteiger partial charge on any atom is -0.339 e. The molecule has 3 nitrogen and oxygen atoms in total. The van der Waals surface area contributed by atoms with E-state index in [4.69, 9.17) is 0 Å². The summed E-state index contributed by atoms with van der Waals surface area (Å²) >= 11 is 0. The van der Waals surface area contributed by atoms with Gasteiger partial charge < -0.3 is 10.2 Å². The second-order valence-corrected chi connectivity index (χ2v) is 4.16. The first kappa shape index (κ1) is 12.6. The molecule has 15 heavy (non-hydrogen) atoms. The Bertz CT molecular complexity index is 262. The first-order valence-corrected chi connectivity index (χ1v) is 4.91. The summed E-state index contributed by atoms with van der Waals surface area (Å²) in [6.45, 7) is 3.75. The van der Waals surface area contributed by atoms with Gasteiger partial charge in [-0.25, -0.2) is 8.78 Å². The van der Waals surface area contributed by atoms with Crippen LogP contribution in [0.4, 0.5) is 8.78 Å². The van der Waals surface area contributed by atoms with E-state index in [2.05, 4.69) is 5.32 Å². The molecule has 1 N–H and O–H groups in total. The van der Waals surface area contributed by atoms with Crippen molar-refractivity contribution < 1.29 is 13.6 Å². The highest BCUT2D eigenvalue weighted by Crippen LogP contribution is 2.49. The van der Waals surface area contributed by atoms with Crippen molar-refractivity contribution in [2.24, 2.45) is 5.92 Å². The van der Waals surface area contributed by atoms with Crippen LogP contribution in [-0.4, -0.2) is 42.4 Å². The number of carbonyl (C=O) groups is 1. The Morgan fingerprint density at radius 1 is 1.53 bits per heavy atom. The molecule has 0 spiro atoms. The molecule has 1 saturated heterocycles. The molecule has 0 aromatic heterocycles. The largest absolute Gasteiger partial charge is 0.339 e. The number of halogens is 3. The first-order valence-electron chi connectivity index (χ1n) is 4.91. The molecule has 2 atom stereocenters. The van der Waals surface area contributed by atoms with Crippen LogP contribution in [0, 0.1) is 5.92 Å². The Labute approximate surface area is 93.6 Å². The predicted octanol–water partition coefficient (Wildman–Crippen LogP) is 0.884. The number of hydrogen-bond acceptors (Lipinski definition) is 2. The molecule has 1 heterocycles. The van der Waals surface area contributed by atoms with E-state index in [-0.39, 0.29) is 30.8 Å². The molecular weight excluding hydrogens is 226 g/mol. The Morgan fingerprint density at radius 2 is 2.13 bits per heavy atom. The Hall–Kier alpha value is -0.420. The van der Waals surface area contributed by atoms with Crippen LogP contribution in [0.1, 0.15) is 13.3 Å². The van der Waals surface area contributed by atoms with Gasteiger partial charge in [0.15, 0.2) is 0 Å². The predicted molar refractivity (Wildman–Crippen MR) is 54.3 cm³/mol. The second-order valence-electron chi connectivity index (χ2n) is 4.16. The van der Waals surface area contributed by atoms with E-state index in [1.165, 1.54) is 0 Å². The quantitative estimate of drug-likeness (QED) is 0.738. The number of hydrogen-bond donors (Lipinski definition) is 1. The summed E-state index contributed by atoms with van der Waals surface area (Å²) in [5, 5.41) is 3.17. The van der Waals surface area contributed by atoms with Crippen LogP contribution in [0.25, 0.3) is 0 Å². The van der Waals surface area contributed by atoms with Crippen LogP contribution in [0.2, 0.25) is 0 Å². The lowest BCUT2D eigenvalue weighted by Crippen LogP contribution is -2.52. The van der Waals surface area contributed by atoms with Crippen LogP contribution in [0.5, 0.6) is 0 Å². The minimum absolute atomic E-state index is 0. The van der Waals surface area contributed by atoms with E-state index >= 15 is 0 Å². The number of alkyl halides is 2. The summed E-state index contributed by atoms with van der Waals surface area (Å²) in [7, 11) is 0. The van der Waals surface area contributed by atoms with Crippen molar-refractivity contribution in [1.82, 2.24) is 10.2 Å². The molecule has 1 saturated carbocycles. The van der Waals surface area contributed by atoms with Crippen molar-refractivity contribution in [3.05, 3.63) is 0 Å². The zero-order chi connectivity index (χ0) is 10.3. The number of nitrogens with zero attached hydrogens (tertiary/aromatic N) is 1. The first-order chi connectivity index (χ1) is 6.50. The molecule has 2 rings (SSSR count). The molecule has 2 aliphatic rings. The van der Waals surface area contributed by atoms with Crippen molar-refractivity contribution in [2.45, 2.75) is 25.3 Å². The average Bonchev–Trinajstić information content (AvgIpc) is 2.74. The van der Waals surface area contributed by atoms with Crippen molar-refractivity contribution in [2.75, 3.05) is 19.6 Å². The summed E-state index contributed by atoms with van der Waals surface area (Å²) in [4.78, 5) is 13.1. The molecule has 1 amide bonds. The summed E-state index contributed by atoms with van der Waals surface area (Å²) in [5.74, 6) is -4.14. The lowest BCUT2D eigenvalue weighted by Gasteiger charge is -2.32. The third kappa shape index (κ3) is 2.58. The van der Waals surface area contributed by atoms with Crippen LogP contribution < -0.4 is 5.32 Å². The lowest BCUT2D eigenvalue weighted by molar-refractivity contribution is -0.135. The van der Waals surface area contributed by atoms with Gasteiger partial charge in [0, 0.05) is 32.1 Å². The number of amides is 1. The topological polar surface area (TPSA) is 32.3 Å². The minimum atomic E-state index is -2.73. The maximum Gasteiger partial charge on any atom is 0.260 e.